The fourth-order valence-corrected chi connectivity index (χ4v) is 3.68. The first-order chi connectivity index (χ1) is 14.4. The topological polar surface area (TPSA) is 52.7 Å². The van der Waals surface area contributed by atoms with Crippen LogP contribution in [0.5, 0.6) is 0 Å². The third-order valence-electron chi connectivity index (χ3n) is 5.24. The van der Waals surface area contributed by atoms with Crippen molar-refractivity contribution in [2.45, 2.75) is 52.5 Å². The largest absolute Gasteiger partial charge is 0.377 e. The number of hydrogen-bond acceptors (Lipinski definition) is 3. The van der Waals surface area contributed by atoms with E-state index < -0.39 is 0 Å². The Morgan fingerprint density at radius 1 is 1.00 bits per heavy atom. The third kappa shape index (κ3) is 6.09. The smallest absolute Gasteiger partial charge is 0.230 e. The molecule has 1 N–H and O–H groups in total. The van der Waals surface area contributed by atoms with Crippen LogP contribution in [0.25, 0.3) is 0 Å². The van der Waals surface area contributed by atoms with Gasteiger partial charge in [0.05, 0.1) is 5.92 Å². The lowest BCUT2D eigenvalue weighted by molar-refractivity contribution is -0.133. The van der Waals surface area contributed by atoms with Gasteiger partial charge in [-0.3, -0.25) is 9.59 Å². The first-order valence-corrected chi connectivity index (χ1v) is 10.8. The van der Waals surface area contributed by atoms with Crippen molar-refractivity contribution in [2.75, 3.05) is 30.9 Å². The molecule has 0 fully saturated rings. The number of benzene rings is 2. The second-order valence-electron chi connectivity index (χ2n) is 7.77. The van der Waals surface area contributed by atoms with E-state index in [9.17, 15) is 9.59 Å². The van der Waals surface area contributed by atoms with E-state index in [0.717, 1.165) is 35.3 Å². The van der Waals surface area contributed by atoms with E-state index in [1.807, 2.05) is 79.3 Å². The van der Waals surface area contributed by atoms with Crippen LogP contribution in [0.15, 0.2) is 48.5 Å². The highest BCUT2D eigenvalue weighted by Gasteiger charge is 2.25. The molecule has 1 atom stereocenters. The molecule has 2 aromatic carbocycles. The molecule has 0 aliphatic rings. The molecule has 0 aliphatic heterocycles. The number of carbonyl (C=O) groups excluding carboxylic acids is 2. The van der Waals surface area contributed by atoms with Crippen molar-refractivity contribution in [3.63, 3.8) is 0 Å². The number of nitrogens with one attached hydrogen (secondary N) is 1. The van der Waals surface area contributed by atoms with E-state index in [-0.39, 0.29) is 17.7 Å². The minimum absolute atomic E-state index is 0.0184. The highest BCUT2D eigenvalue weighted by molar-refractivity contribution is 5.91. The Hall–Kier alpha value is -2.82. The average molecular weight is 410 g/mol. The number of hydrogen-bond donors (Lipinski definition) is 1. The summed E-state index contributed by atoms with van der Waals surface area (Å²) in [4.78, 5) is 29.3. The van der Waals surface area contributed by atoms with Crippen LogP contribution in [0.2, 0.25) is 0 Å². The van der Waals surface area contributed by atoms with Crippen LogP contribution >= 0.6 is 0 Å². The zero-order valence-electron chi connectivity index (χ0n) is 18.9. The van der Waals surface area contributed by atoms with Gasteiger partial charge >= 0.3 is 0 Å². The number of nitrogens with zero attached hydrogens (tertiary/aromatic N) is 2. The summed E-state index contributed by atoms with van der Waals surface area (Å²) < 4.78 is 0. The van der Waals surface area contributed by atoms with Gasteiger partial charge in [0.2, 0.25) is 11.8 Å². The van der Waals surface area contributed by atoms with E-state index in [0.29, 0.717) is 19.5 Å². The predicted molar refractivity (Wildman–Crippen MR) is 125 cm³/mol. The summed E-state index contributed by atoms with van der Waals surface area (Å²) in [6.07, 6.45) is 2.08. The van der Waals surface area contributed by atoms with Crippen molar-refractivity contribution in [1.29, 1.82) is 0 Å². The molecule has 5 heteroatoms. The van der Waals surface area contributed by atoms with Crippen molar-refractivity contribution in [2.24, 2.45) is 0 Å². The molecule has 30 heavy (non-hydrogen) atoms. The van der Waals surface area contributed by atoms with Gasteiger partial charge in [0.25, 0.3) is 0 Å². The maximum Gasteiger partial charge on any atom is 0.230 e. The van der Waals surface area contributed by atoms with Crippen molar-refractivity contribution in [3.05, 3.63) is 59.7 Å². The van der Waals surface area contributed by atoms with Gasteiger partial charge in [-0.1, -0.05) is 51.1 Å². The standard InChI is InChI=1S/C25H35N3O2/c1-6-16-28(25(30)22(7-2)19-12-10-9-11-13-19)18-20-17-21(26-24(29)8-3)14-15-23(20)27(4)5/h9-15,17,22H,6-8,16,18H2,1-5H3,(H,26,29). The lowest BCUT2D eigenvalue weighted by Crippen LogP contribution is -2.35. The van der Waals surface area contributed by atoms with E-state index >= 15 is 0 Å². The molecule has 0 spiro atoms. The van der Waals surface area contributed by atoms with Gasteiger partial charge in [-0.15, -0.1) is 0 Å². The molecule has 0 radical (unpaired) electrons. The van der Waals surface area contributed by atoms with Gasteiger partial charge in [-0.05, 0) is 42.2 Å². The normalized spacial score (nSPS) is 11.6. The Labute approximate surface area is 181 Å². The second-order valence-corrected chi connectivity index (χ2v) is 7.77. The summed E-state index contributed by atoms with van der Waals surface area (Å²) in [5.74, 6) is -0.0167. The Balaban J connectivity index is 2.35. The quantitative estimate of drug-likeness (QED) is 0.598. The van der Waals surface area contributed by atoms with Crippen LogP contribution in [0, 0.1) is 0 Å². The molecule has 2 amide bonds. The monoisotopic (exact) mass is 409 g/mol. The molecule has 0 aromatic heterocycles. The maximum absolute atomic E-state index is 13.5. The van der Waals surface area contributed by atoms with Crippen molar-refractivity contribution >= 4 is 23.2 Å². The van der Waals surface area contributed by atoms with Gasteiger partial charge in [-0.25, -0.2) is 0 Å². The summed E-state index contributed by atoms with van der Waals surface area (Å²) in [6.45, 7) is 7.20. The molecular formula is C25H35N3O2. The van der Waals surface area contributed by atoms with Gasteiger partial charge < -0.3 is 15.1 Å². The molecule has 2 aromatic rings. The second kappa shape index (κ2) is 11.4. The molecule has 2 rings (SSSR count). The van der Waals surface area contributed by atoms with Crippen LogP contribution in [0.3, 0.4) is 0 Å². The first kappa shape index (κ1) is 23.5. The SMILES string of the molecule is CCCN(Cc1cc(NC(=O)CC)ccc1N(C)C)C(=O)C(CC)c1ccccc1. The molecule has 5 nitrogen and oxygen atoms in total. The van der Waals surface area contributed by atoms with Crippen LogP contribution in [-0.4, -0.2) is 37.4 Å². The number of carbonyl (C=O) groups is 2. The molecular weight excluding hydrogens is 374 g/mol. The minimum Gasteiger partial charge on any atom is -0.377 e. The van der Waals surface area contributed by atoms with Gasteiger partial charge in [0.1, 0.15) is 0 Å². The Kier molecular flexibility index (Phi) is 8.90. The highest BCUT2D eigenvalue weighted by Crippen LogP contribution is 2.28. The Bertz CT molecular complexity index is 834. The first-order valence-electron chi connectivity index (χ1n) is 10.8. The molecule has 0 heterocycles. The number of amides is 2. The lowest BCUT2D eigenvalue weighted by atomic mass is 9.94. The van der Waals surface area contributed by atoms with E-state index in [1.54, 1.807) is 0 Å². The number of rotatable bonds is 10. The van der Waals surface area contributed by atoms with E-state index in [2.05, 4.69) is 19.2 Å². The van der Waals surface area contributed by atoms with Crippen LogP contribution in [-0.2, 0) is 16.1 Å². The summed E-state index contributed by atoms with van der Waals surface area (Å²) in [5.41, 5.74) is 3.90. The van der Waals surface area contributed by atoms with Gasteiger partial charge in [0.15, 0.2) is 0 Å². The average Bonchev–Trinajstić information content (AvgIpc) is 2.74. The summed E-state index contributed by atoms with van der Waals surface area (Å²) in [5, 5.41) is 2.93. The summed E-state index contributed by atoms with van der Waals surface area (Å²) >= 11 is 0. The summed E-state index contributed by atoms with van der Waals surface area (Å²) in [7, 11) is 3.99. The zero-order chi connectivity index (χ0) is 22.1. The lowest BCUT2D eigenvalue weighted by Gasteiger charge is -2.29. The molecule has 0 bridgehead atoms. The van der Waals surface area contributed by atoms with Crippen LogP contribution in [0.1, 0.15) is 57.1 Å². The van der Waals surface area contributed by atoms with Crippen molar-refractivity contribution in [3.8, 4) is 0 Å². The molecule has 0 saturated heterocycles. The molecule has 162 valence electrons. The number of anilines is 2. The molecule has 0 saturated carbocycles. The maximum atomic E-state index is 13.5. The fourth-order valence-electron chi connectivity index (χ4n) is 3.68. The van der Waals surface area contributed by atoms with Crippen LogP contribution in [0.4, 0.5) is 11.4 Å². The van der Waals surface area contributed by atoms with Crippen LogP contribution < -0.4 is 10.2 Å². The van der Waals surface area contributed by atoms with Crippen molar-refractivity contribution in [1.82, 2.24) is 4.90 Å². The summed E-state index contributed by atoms with van der Waals surface area (Å²) in [6, 6.07) is 15.9. The molecule has 1 unspecified atom stereocenters. The van der Waals surface area contributed by atoms with Gasteiger partial charge in [-0.2, -0.15) is 0 Å². The third-order valence-corrected chi connectivity index (χ3v) is 5.24. The Morgan fingerprint density at radius 2 is 1.70 bits per heavy atom. The van der Waals surface area contributed by atoms with Crippen molar-refractivity contribution < 1.29 is 9.59 Å². The minimum atomic E-state index is -0.150. The van der Waals surface area contributed by atoms with E-state index in [4.69, 9.17) is 0 Å². The Morgan fingerprint density at radius 3 is 2.27 bits per heavy atom. The van der Waals surface area contributed by atoms with Gasteiger partial charge in [0, 0.05) is 45.0 Å². The molecule has 0 aliphatic carbocycles. The zero-order valence-corrected chi connectivity index (χ0v) is 18.9. The fraction of sp³-hybridized carbons (Fsp3) is 0.440. The van der Waals surface area contributed by atoms with E-state index in [1.165, 1.54) is 0 Å². The predicted octanol–water partition coefficient (Wildman–Crippen LogP) is 5.03. The highest BCUT2D eigenvalue weighted by atomic mass is 16.2.